The molecule has 5 nitrogen and oxygen atoms in total. The van der Waals surface area contributed by atoms with Gasteiger partial charge in [-0.3, -0.25) is 0 Å². The van der Waals surface area contributed by atoms with Crippen LogP contribution < -0.4 is 10.2 Å². The Hall–Kier alpha value is -1.82. The van der Waals surface area contributed by atoms with Gasteiger partial charge in [0.05, 0.1) is 0 Å². The number of anilines is 1. The molecule has 2 amide bonds. The third-order valence-electron chi connectivity index (χ3n) is 3.80. The van der Waals surface area contributed by atoms with Crippen LogP contribution in [-0.4, -0.2) is 69.2 Å². The van der Waals surface area contributed by atoms with Crippen molar-refractivity contribution in [2.24, 2.45) is 0 Å². The van der Waals surface area contributed by atoms with Gasteiger partial charge < -0.3 is 20.0 Å². The number of carbonyl (C=O) groups is 1. The minimum atomic E-state index is -0.224. The van der Waals surface area contributed by atoms with Crippen LogP contribution in [0.5, 0.6) is 0 Å². The molecule has 22 heavy (non-hydrogen) atoms. The number of piperazine rings is 1. The summed E-state index contributed by atoms with van der Waals surface area (Å²) in [6.07, 6.45) is 0.946. The van der Waals surface area contributed by atoms with Crippen molar-refractivity contribution in [3.8, 4) is 0 Å². The summed E-state index contributed by atoms with van der Waals surface area (Å²) < 4.78 is 13.3. The van der Waals surface area contributed by atoms with E-state index in [0.717, 1.165) is 31.7 Å². The van der Waals surface area contributed by atoms with Crippen molar-refractivity contribution in [3.05, 3.63) is 30.1 Å². The van der Waals surface area contributed by atoms with Crippen molar-refractivity contribution in [3.63, 3.8) is 0 Å². The maximum Gasteiger partial charge on any atom is 0.317 e. The topological polar surface area (TPSA) is 38.8 Å². The van der Waals surface area contributed by atoms with Crippen LogP contribution in [0.2, 0.25) is 0 Å². The van der Waals surface area contributed by atoms with Gasteiger partial charge in [0, 0.05) is 38.4 Å². The minimum absolute atomic E-state index is 0.00218. The van der Waals surface area contributed by atoms with Gasteiger partial charge in [-0.15, -0.1) is 0 Å². The Balaban J connectivity index is 1.73. The van der Waals surface area contributed by atoms with E-state index in [9.17, 15) is 9.18 Å². The molecule has 0 radical (unpaired) electrons. The van der Waals surface area contributed by atoms with E-state index in [-0.39, 0.29) is 11.8 Å². The highest BCUT2D eigenvalue weighted by molar-refractivity contribution is 5.74. The third-order valence-corrected chi connectivity index (χ3v) is 3.80. The van der Waals surface area contributed by atoms with Crippen molar-refractivity contribution in [2.45, 2.75) is 6.42 Å². The van der Waals surface area contributed by atoms with Gasteiger partial charge >= 0.3 is 6.03 Å². The molecule has 1 heterocycles. The number of hydrogen-bond donors (Lipinski definition) is 1. The van der Waals surface area contributed by atoms with Gasteiger partial charge in [-0.2, -0.15) is 0 Å². The summed E-state index contributed by atoms with van der Waals surface area (Å²) in [5.74, 6) is -0.224. The first-order valence-electron chi connectivity index (χ1n) is 7.74. The second-order valence-corrected chi connectivity index (χ2v) is 5.84. The van der Waals surface area contributed by atoms with Gasteiger partial charge in [-0.05, 0) is 45.3 Å². The lowest BCUT2D eigenvalue weighted by Gasteiger charge is -2.36. The van der Waals surface area contributed by atoms with Crippen LogP contribution in [0.15, 0.2) is 24.3 Å². The van der Waals surface area contributed by atoms with Crippen LogP contribution in [0, 0.1) is 5.82 Å². The number of urea groups is 1. The summed E-state index contributed by atoms with van der Waals surface area (Å²) in [7, 11) is 4.04. The van der Waals surface area contributed by atoms with Crippen molar-refractivity contribution < 1.29 is 9.18 Å². The van der Waals surface area contributed by atoms with E-state index in [1.165, 1.54) is 12.1 Å². The molecule has 1 fully saturated rings. The Bertz CT molecular complexity index is 487. The van der Waals surface area contributed by atoms with Gasteiger partial charge in [-0.1, -0.05) is 6.07 Å². The van der Waals surface area contributed by atoms with Gasteiger partial charge in [0.25, 0.3) is 0 Å². The summed E-state index contributed by atoms with van der Waals surface area (Å²) in [5, 5.41) is 2.95. The predicted octanol–water partition coefficient (Wildman–Crippen LogP) is 1.61. The molecule has 6 heteroatoms. The van der Waals surface area contributed by atoms with Crippen molar-refractivity contribution in [2.75, 3.05) is 58.3 Å². The summed E-state index contributed by atoms with van der Waals surface area (Å²) in [4.78, 5) is 18.1. The van der Waals surface area contributed by atoms with Crippen LogP contribution >= 0.6 is 0 Å². The normalized spacial score (nSPS) is 15.3. The number of hydrogen-bond acceptors (Lipinski definition) is 3. The summed E-state index contributed by atoms with van der Waals surface area (Å²) in [6, 6.07) is 6.60. The molecule has 2 rings (SSSR count). The fourth-order valence-corrected chi connectivity index (χ4v) is 2.54. The predicted molar refractivity (Wildman–Crippen MR) is 86.8 cm³/mol. The number of amides is 2. The molecule has 0 atom stereocenters. The van der Waals surface area contributed by atoms with E-state index in [4.69, 9.17) is 0 Å². The molecule has 0 unspecified atom stereocenters. The molecule has 0 aromatic heterocycles. The summed E-state index contributed by atoms with van der Waals surface area (Å²) >= 11 is 0. The monoisotopic (exact) mass is 308 g/mol. The molecule has 1 aliphatic rings. The van der Waals surface area contributed by atoms with E-state index >= 15 is 0 Å². The molecule has 122 valence electrons. The quantitative estimate of drug-likeness (QED) is 0.840. The second kappa shape index (κ2) is 7.98. The molecular weight excluding hydrogens is 283 g/mol. The number of nitrogens with one attached hydrogen (secondary N) is 1. The summed E-state index contributed by atoms with van der Waals surface area (Å²) in [5.41, 5.74) is 0.881. The zero-order chi connectivity index (χ0) is 15.9. The Kier molecular flexibility index (Phi) is 6.00. The molecule has 0 aliphatic carbocycles. The van der Waals surface area contributed by atoms with Crippen LogP contribution in [0.25, 0.3) is 0 Å². The average Bonchev–Trinajstić information content (AvgIpc) is 2.51. The Morgan fingerprint density at radius 3 is 2.64 bits per heavy atom. The maximum atomic E-state index is 13.3. The lowest BCUT2D eigenvalue weighted by Crippen LogP contribution is -2.52. The Morgan fingerprint density at radius 1 is 1.27 bits per heavy atom. The molecule has 1 N–H and O–H groups in total. The standard InChI is InChI=1S/C16H25FN4O/c1-19(2)8-4-7-18-16(22)21-11-9-20(10-12-21)15-6-3-5-14(17)13-15/h3,5-6,13H,4,7-12H2,1-2H3,(H,18,22). The summed E-state index contributed by atoms with van der Waals surface area (Å²) in [6.45, 7) is 4.45. The van der Waals surface area contributed by atoms with E-state index in [0.29, 0.717) is 19.6 Å². The van der Waals surface area contributed by atoms with E-state index in [1.807, 2.05) is 25.1 Å². The van der Waals surface area contributed by atoms with Gasteiger partial charge in [0.15, 0.2) is 0 Å². The van der Waals surface area contributed by atoms with Crippen LogP contribution in [-0.2, 0) is 0 Å². The number of halogens is 1. The molecule has 0 bridgehead atoms. The third kappa shape index (κ3) is 4.87. The highest BCUT2D eigenvalue weighted by Crippen LogP contribution is 2.17. The van der Waals surface area contributed by atoms with Gasteiger partial charge in [0.1, 0.15) is 5.82 Å². The van der Waals surface area contributed by atoms with Crippen LogP contribution in [0.3, 0.4) is 0 Å². The van der Waals surface area contributed by atoms with E-state index < -0.39 is 0 Å². The first kappa shape index (κ1) is 16.5. The number of nitrogens with zero attached hydrogens (tertiary/aromatic N) is 3. The first-order valence-corrected chi connectivity index (χ1v) is 7.74. The van der Waals surface area contributed by atoms with Crippen molar-refractivity contribution in [1.82, 2.24) is 15.1 Å². The second-order valence-electron chi connectivity index (χ2n) is 5.84. The van der Waals surface area contributed by atoms with Crippen LogP contribution in [0.1, 0.15) is 6.42 Å². The SMILES string of the molecule is CN(C)CCCNC(=O)N1CCN(c2cccc(F)c2)CC1. The zero-order valence-electron chi connectivity index (χ0n) is 13.4. The Labute approximate surface area is 131 Å². The van der Waals surface area contributed by atoms with Crippen molar-refractivity contribution in [1.29, 1.82) is 0 Å². The fraction of sp³-hybridized carbons (Fsp3) is 0.562. The van der Waals surface area contributed by atoms with Gasteiger partial charge in [-0.25, -0.2) is 9.18 Å². The minimum Gasteiger partial charge on any atom is -0.368 e. The zero-order valence-corrected chi connectivity index (χ0v) is 13.4. The molecular formula is C16H25FN4O. The highest BCUT2D eigenvalue weighted by Gasteiger charge is 2.21. The Morgan fingerprint density at radius 2 is 2.00 bits per heavy atom. The lowest BCUT2D eigenvalue weighted by molar-refractivity contribution is 0.194. The molecule has 0 spiro atoms. The molecule has 0 saturated carbocycles. The average molecular weight is 308 g/mol. The van der Waals surface area contributed by atoms with Gasteiger partial charge in [0.2, 0.25) is 0 Å². The number of benzene rings is 1. The van der Waals surface area contributed by atoms with E-state index in [2.05, 4.69) is 15.1 Å². The number of carbonyl (C=O) groups excluding carboxylic acids is 1. The molecule has 1 aliphatic heterocycles. The lowest BCUT2D eigenvalue weighted by atomic mass is 10.2. The smallest absolute Gasteiger partial charge is 0.317 e. The molecule has 1 aromatic rings. The first-order chi connectivity index (χ1) is 10.6. The van der Waals surface area contributed by atoms with Crippen LogP contribution in [0.4, 0.5) is 14.9 Å². The fourth-order valence-electron chi connectivity index (χ4n) is 2.54. The largest absolute Gasteiger partial charge is 0.368 e. The number of rotatable bonds is 5. The van der Waals surface area contributed by atoms with E-state index in [1.54, 1.807) is 6.07 Å². The molecule has 1 aromatic carbocycles. The molecule has 1 saturated heterocycles. The maximum absolute atomic E-state index is 13.3. The van der Waals surface area contributed by atoms with Crippen molar-refractivity contribution >= 4 is 11.7 Å². The highest BCUT2D eigenvalue weighted by atomic mass is 19.1.